The zero-order valence-electron chi connectivity index (χ0n) is 14.9. The van der Waals surface area contributed by atoms with Crippen molar-refractivity contribution < 1.29 is 24.1 Å². The highest BCUT2D eigenvalue weighted by atomic mass is 35.5. The summed E-state index contributed by atoms with van der Waals surface area (Å²) in [6, 6.07) is 10.3. The van der Waals surface area contributed by atoms with Gasteiger partial charge in [-0.15, -0.1) is 0 Å². The van der Waals surface area contributed by atoms with Gasteiger partial charge in [-0.25, -0.2) is 0 Å². The minimum Gasteiger partial charge on any atom is -0.493 e. The van der Waals surface area contributed by atoms with Gasteiger partial charge in [-0.3, -0.25) is 4.79 Å². The first-order valence-electron chi connectivity index (χ1n) is 7.98. The lowest BCUT2D eigenvalue weighted by molar-refractivity contribution is -0.120. The Morgan fingerprint density at radius 2 is 1.69 bits per heavy atom. The predicted octanol–water partition coefficient (Wildman–Crippen LogP) is 2.76. The monoisotopic (exact) mass is 379 g/mol. The summed E-state index contributed by atoms with van der Waals surface area (Å²) < 4.78 is 15.9. The van der Waals surface area contributed by atoms with E-state index < -0.39 is 6.10 Å². The van der Waals surface area contributed by atoms with Gasteiger partial charge in [0, 0.05) is 17.1 Å². The van der Waals surface area contributed by atoms with Crippen molar-refractivity contribution in [3.05, 3.63) is 52.5 Å². The van der Waals surface area contributed by atoms with E-state index in [9.17, 15) is 9.90 Å². The van der Waals surface area contributed by atoms with Crippen LogP contribution >= 0.6 is 11.6 Å². The van der Waals surface area contributed by atoms with Crippen molar-refractivity contribution in [1.29, 1.82) is 0 Å². The maximum atomic E-state index is 12.3. The molecule has 6 nitrogen and oxygen atoms in total. The van der Waals surface area contributed by atoms with E-state index in [2.05, 4.69) is 5.32 Å². The van der Waals surface area contributed by atoms with E-state index in [0.717, 1.165) is 0 Å². The van der Waals surface area contributed by atoms with Crippen LogP contribution in [0.2, 0.25) is 5.02 Å². The largest absolute Gasteiger partial charge is 0.493 e. The molecule has 0 aromatic heterocycles. The highest BCUT2D eigenvalue weighted by Crippen LogP contribution is 2.39. The molecular weight excluding hydrogens is 358 g/mol. The second-order valence-corrected chi connectivity index (χ2v) is 5.98. The molecule has 1 amide bonds. The number of benzene rings is 2. The minimum absolute atomic E-state index is 0.0802. The number of ether oxygens (including phenoxy) is 3. The van der Waals surface area contributed by atoms with Gasteiger partial charge in [0.15, 0.2) is 11.5 Å². The maximum absolute atomic E-state index is 12.3. The standard InChI is InChI=1S/C19H22ClNO5/c1-24-16-9-6-13(18(25-2)19(16)26-3)10-17(23)21-11-15(22)12-4-7-14(20)8-5-12/h4-9,15,22H,10-11H2,1-3H3,(H,21,23)/t15-/m0/s1. The number of amides is 1. The summed E-state index contributed by atoms with van der Waals surface area (Å²) in [7, 11) is 4.54. The average molecular weight is 380 g/mol. The molecule has 0 fully saturated rings. The van der Waals surface area contributed by atoms with E-state index in [1.54, 1.807) is 36.4 Å². The van der Waals surface area contributed by atoms with Crippen LogP contribution in [-0.4, -0.2) is 38.9 Å². The molecule has 0 heterocycles. The van der Waals surface area contributed by atoms with Crippen LogP contribution in [0.4, 0.5) is 0 Å². The molecule has 0 bridgehead atoms. The Balaban J connectivity index is 2.02. The number of halogens is 1. The predicted molar refractivity (Wildman–Crippen MR) is 99.2 cm³/mol. The Morgan fingerprint density at radius 3 is 2.27 bits per heavy atom. The van der Waals surface area contributed by atoms with Gasteiger partial charge in [-0.2, -0.15) is 0 Å². The number of hydrogen-bond acceptors (Lipinski definition) is 5. The van der Waals surface area contributed by atoms with Gasteiger partial charge < -0.3 is 24.6 Å². The van der Waals surface area contributed by atoms with Crippen molar-refractivity contribution in [2.45, 2.75) is 12.5 Å². The SMILES string of the molecule is COc1ccc(CC(=O)NC[C@H](O)c2ccc(Cl)cc2)c(OC)c1OC. The highest BCUT2D eigenvalue weighted by Gasteiger charge is 2.18. The van der Waals surface area contributed by atoms with Crippen molar-refractivity contribution in [3.8, 4) is 17.2 Å². The average Bonchev–Trinajstić information content (AvgIpc) is 2.66. The van der Waals surface area contributed by atoms with Gasteiger partial charge in [-0.1, -0.05) is 29.8 Å². The van der Waals surface area contributed by atoms with E-state index in [1.165, 1.54) is 21.3 Å². The van der Waals surface area contributed by atoms with E-state index in [4.69, 9.17) is 25.8 Å². The molecule has 0 saturated carbocycles. The van der Waals surface area contributed by atoms with E-state index >= 15 is 0 Å². The van der Waals surface area contributed by atoms with Crippen LogP contribution in [0.25, 0.3) is 0 Å². The summed E-state index contributed by atoms with van der Waals surface area (Å²) in [4.78, 5) is 12.3. The Morgan fingerprint density at radius 1 is 1.04 bits per heavy atom. The molecule has 1 atom stereocenters. The van der Waals surface area contributed by atoms with E-state index in [-0.39, 0.29) is 18.9 Å². The number of nitrogens with one attached hydrogen (secondary N) is 1. The molecule has 0 aliphatic carbocycles. The van der Waals surface area contributed by atoms with Crippen LogP contribution in [0, 0.1) is 0 Å². The maximum Gasteiger partial charge on any atom is 0.224 e. The van der Waals surface area contributed by atoms with Crippen LogP contribution < -0.4 is 19.5 Å². The zero-order valence-corrected chi connectivity index (χ0v) is 15.7. The normalized spacial score (nSPS) is 11.6. The number of rotatable bonds is 8. The molecule has 2 aromatic rings. The third-order valence-corrected chi connectivity index (χ3v) is 4.14. The van der Waals surface area contributed by atoms with Gasteiger partial charge in [-0.05, 0) is 23.8 Å². The lowest BCUT2D eigenvalue weighted by Gasteiger charge is -2.16. The molecular formula is C19H22ClNO5. The first-order valence-corrected chi connectivity index (χ1v) is 8.36. The first-order chi connectivity index (χ1) is 12.5. The topological polar surface area (TPSA) is 77.0 Å². The number of aliphatic hydroxyl groups is 1. The molecule has 2 rings (SSSR count). The lowest BCUT2D eigenvalue weighted by Crippen LogP contribution is -2.29. The van der Waals surface area contributed by atoms with Crippen molar-refractivity contribution in [2.24, 2.45) is 0 Å². The third kappa shape index (κ3) is 4.80. The highest BCUT2D eigenvalue weighted by molar-refractivity contribution is 6.30. The number of hydrogen-bond donors (Lipinski definition) is 2. The molecule has 0 aliphatic heterocycles. The smallest absolute Gasteiger partial charge is 0.224 e. The quantitative estimate of drug-likeness (QED) is 0.737. The van der Waals surface area contributed by atoms with Crippen LogP contribution in [0.5, 0.6) is 17.2 Å². The number of aliphatic hydroxyl groups excluding tert-OH is 1. The summed E-state index contributed by atoms with van der Waals surface area (Å²) in [5.74, 6) is 1.15. The number of carbonyl (C=O) groups excluding carboxylic acids is 1. The van der Waals surface area contributed by atoms with Crippen LogP contribution in [0.1, 0.15) is 17.2 Å². The Kier molecular flexibility index (Phi) is 7.12. The van der Waals surface area contributed by atoms with Gasteiger partial charge in [0.2, 0.25) is 11.7 Å². The molecule has 0 spiro atoms. The molecule has 2 N–H and O–H groups in total. The van der Waals surface area contributed by atoms with Crippen molar-refractivity contribution in [3.63, 3.8) is 0 Å². The molecule has 2 aromatic carbocycles. The summed E-state index contributed by atoms with van der Waals surface area (Å²) >= 11 is 5.83. The minimum atomic E-state index is -0.816. The molecule has 0 aliphatic rings. The summed E-state index contributed by atoms with van der Waals surface area (Å²) in [5, 5.41) is 13.5. The Hall–Kier alpha value is -2.44. The fourth-order valence-corrected chi connectivity index (χ4v) is 2.68. The Labute approximate surface area is 157 Å². The molecule has 26 heavy (non-hydrogen) atoms. The molecule has 0 unspecified atom stereocenters. The van der Waals surface area contributed by atoms with E-state index in [1.807, 2.05) is 0 Å². The van der Waals surface area contributed by atoms with E-state index in [0.29, 0.717) is 33.4 Å². The van der Waals surface area contributed by atoms with Crippen LogP contribution in [0.15, 0.2) is 36.4 Å². The van der Waals surface area contributed by atoms with Gasteiger partial charge >= 0.3 is 0 Å². The van der Waals surface area contributed by atoms with Crippen LogP contribution in [0.3, 0.4) is 0 Å². The molecule has 140 valence electrons. The fraction of sp³-hybridized carbons (Fsp3) is 0.316. The van der Waals surface area contributed by atoms with Gasteiger partial charge in [0.25, 0.3) is 0 Å². The van der Waals surface area contributed by atoms with Crippen LogP contribution in [-0.2, 0) is 11.2 Å². The number of carbonyl (C=O) groups is 1. The first kappa shape index (κ1) is 19.9. The van der Waals surface area contributed by atoms with Crippen molar-refractivity contribution >= 4 is 17.5 Å². The summed E-state index contributed by atoms with van der Waals surface area (Å²) in [6.07, 6.45) is -0.736. The zero-order chi connectivity index (χ0) is 19.1. The fourth-order valence-electron chi connectivity index (χ4n) is 2.55. The summed E-state index contributed by atoms with van der Waals surface area (Å²) in [6.45, 7) is 0.0933. The molecule has 0 saturated heterocycles. The third-order valence-electron chi connectivity index (χ3n) is 3.88. The van der Waals surface area contributed by atoms with Crippen molar-refractivity contribution in [2.75, 3.05) is 27.9 Å². The molecule has 7 heteroatoms. The lowest BCUT2D eigenvalue weighted by atomic mass is 10.1. The summed E-state index contributed by atoms with van der Waals surface area (Å²) in [5.41, 5.74) is 1.34. The Bertz CT molecular complexity index is 748. The second-order valence-electron chi connectivity index (χ2n) is 5.54. The van der Waals surface area contributed by atoms with Crippen molar-refractivity contribution in [1.82, 2.24) is 5.32 Å². The second kappa shape index (κ2) is 9.31. The van der Waals surface area contributed by atoms with Gasteiger partial charge in [0.05, 0.1) is 33.9 Å². The number of methoxy groups -OCH3 is 3. The molecule has 0 radical (unpaired) electrons. The van der Waals surface area contributed by atoms with Gasteiger partial charge in [0.1, 0.15) is 0 Å².